The maximum absolute atomic E-state index is 12.8. The van der Waals surface area contributed by atoms with Crippen LogP contribution in [0.2, 0.25) is 0 Å². The lowest BCUT2D eigenvalue weighted by Crippen LogP contribution is -2.05. The number of hydrogen-bond donors (Lipinski definition) is 0. The molecule has 0 spiro atoms. The first-order valence-corrected chi connectivity index (χ1v) is 7.75. The van der Waals surface area contributed by atoms with E-state index in [1.54, 1.807) is 30.6 Å². The normalized spacial score (nSPS) is 11.2. The van der Waals surface area contributed by atoms with Gasteiger partial charge in [-0.25, -0.2) is 4.98 Å². The van der Waals surface area contributed by atoms with Gasteiger partial charge in [-0.15, -0.1) is 11.3 Å². The van der Waals surface area contributed by atoms with E-state index in [0.29, 0.717) is 26.7 Å². The van der Waals surface area contributed by atoms with E-state index >= 15 is 0 Å². The Kier molecular flexibility index (Phi) is 4.32. The Morgan fingerprint density at radius 2 is 2.00 bits per heavy atom. The Morgan fingerprint density at radius 1 is 1.17 bits per heavy atom. The summed E-state index contributed by atoms with van der Waals surface area (Å²) in [7, 11) is 0. The predicted molar refractivity (Wildman–Crippen MR) is 84.3 cm³/mol. The maximum atomic E-state index is 12.8. The molecule has 0 fully saturated rings. The number of aromatic nitrogens is 2. The molecule has 0 N–H and O–H groups in total. The van der Waals surface area contributed by atoms with Crippen LogP contribution in [0, 0.1) is 11.3 Å². The van der Waals surface area contributed by atoms with Crippen LogP contribution < -0.4 is 0 Å². The van der Waals surface area contributed by atoms with Crippen LogP contribution in [0.25, 0.3) is 11.3 Å². The largest absolute Gasteiger partial charge is 0.416 e. The third kappa shape index (κ3) is 3.44. The van der Waals surface area contributed by atoms with Gasteiger partial charge in [-0.1, -0.05) is 18.2 Å². The van der Waals surface area contributed by atoms with Crippen molar-refractivity contribution in [3.05, 3.63) is 69.8 Å². The van der Waals surface area contributed by atoms with E-state index in [9.17, 15) is 18.4 Å². The van der Waals surface area contributed by atoms with E-state index in [0.717, 1.165) is 12.1 Å². The van der Waals surface area contributed by atoms with Gasteiger partial charge in [0.25, 0.3) is 0 Å². The number of thiazole rings is 1. The first kappa shape index (κ1) is 16.1. The van der Waals surface area contributed by atoms with Crippen LogP contribution in [0.3, 0.4) is 0 Å². The molecule has 0 saturated carbocycles. The number of hydrogen-bond acceptors (Lipinski definition) is 4. The lowest BCUT2D eigenvalue weighted by molar-refractivity contribution is -0.137. The van der Waals surface area contributed by atoms with Gasteiger partial charge in [0, 0.05) is 24.4 Å². The summed E-state index contributed by atoms with van der Waals surface area (Å²) in [6.45, 7) is 0. The summed E-state index contributed by atoms with van der Waals surface area (Å²) >= 11 is 1.18. The third-order valence-corrected chi connectivity index (χ3v) is 4.28. The molecule has 24 heavy (non-hydrogen) atoms. The van der Waals surface area contributed by atoms with Crippen molar-refractivity contribution in [3.8, 4) is 17.3 Å². The smallest absolute Gasteiger partial charge is 0.264 e. The monoisotopic (exact) mass is 345 g/mol. The zero-order valence-corrected chi connectivity index (χ0v) is 13.0. The Bertz CT molecular complexity index is 895. The van der Waals surface area contributed by atoms with Gasteiger partial charge in [-0.2, -0.15) is 18.4 Å². The number of rotatable bonds is 3. The molecule has 0 radical (unpaired) electrons. The molecule has 3 nitrogen and oxygen atoms in total. The van der Waals surface area contributed by atoms with E-state index in [2.05, 4.69) is 16.0 Å². The molecule has 0 saturated heterocycles. The van der Waals surface area contributed by atoms with Crippen molar-refractivity contribution in [1.82, 2.24) is 9.97 Å². The van der Waals surface area contributed by atoms with Gasteiger partial charge >= 0.3 is 6.18 Å². The third-order valence-electron chi connectivity index (χ3n) is 3.32. The van der Waals surface area contributed by atoms with E-state index in [4.69, 9.17) is 0 Å². The zero-order valence-electron chi connectivity index (χ0n) is 12.2. The highest BCUT2D eigenvalue weighted by molar-refractivity contribution is 7.12. The lowest BCUT2D eigenvalue weighted by atomic mass is 10.1. The predicted octanol–water partition coefficient (Wildman–Crippen LogP) is 4.69. The second kappa shape index (κ2) is 6.42. The van der Waals surface area contributed by atoms with Crippen LogP contribution in [0.1, 0.15) is 21.0 Å². The van der Waals surface area contributed by atoms with Crippen molar-refractivity contribution in [3.63, 3.8) is 0 Å². The van der Waals surface area contributed by atoms with E-state index in [-0.39, 0.29) is 6.42 Å². The zero-order chi connectivity index (χ0) is 17.2. The molecule has 7 heteroatoms. The van der Waals surface area contributed by atoms with Gasteiger partial charge < -0.3 is 0 Å². The van der Waals surface area contributed by atoms with Crippen LogP contribution in [0.15, 0.2) is 48.8 Å². The highest BCUT2D eigenvalue weighted by Gasteiger charge is 2.30. The summed E-state index contributed by atoms with van der Waals surface area (Å²) in [4.78, 5) is 8.83. The van der Waals surface area contributed by atoms with Crippen molar-refractivity contribution >= 4 is 11.3 Å². The summed E-state index contributed by atoms with van der Waals surface area (Å²) in [5.74, 6) is 0. The fourth-order valence-electron chi connectivity index (χ4n) is 2.25. The number of nitriles is 1. The van der Waals surface area contributed by atoms with Gasteiger partial charge in [0.1, 0.15) is 16.6 Å². The second-order valence-corrected chi connectivity index (χ2v) is 6.10. The lowest BCUT2D eigenvalue weighted by Gasteiger charge is -2.07. The molecule has 3 rings (SSSR count). The number of pyridine rings is 1. The van der Waals surface area contributed by atoms with Gasteiger partial charge in [-0.3, -0.25) is 4.98 Å². The molecule has 0 aliphatic carbocycles. The summed E-state index contributed by atoms with van der Waals surface area (Å²) in [5, 5.41) is 9.85. The second-order valence-electron chi connectivity index (χ2n) is 5.01. The van der Waals surface area contributed by atoms with Gasteiger partial charge in [0.2, 0.25) is 0 Å². The minimum Gasteiger partial charge on any atom is -0.264 e. The molecule has 1 aromatic carbocycles. The van der Waals surface area contributed by atoms with Crippen LogP contribution in [-0.2, 0) is 12.6 Å². The fraction of sp³-hybridized carbons (Fsp3) is 0.118. The molecule has 2 aromatic heterocycles. The highest BCUT2D eigenvalue weighted by Crippen LogP contribution is 2.31. The van der Waals surface area contributed by atoms with Crippen LogP contribution in [0.5, 0.6) is 0 Å². The van der Waals surface area contributed by atoms with Gasteiger partial charge in [0.15, 0.2) is 0 Å². The molecule has 0 aliphatic rings. The van der Waals surface area contributed by atoms with Crippen LogP contribution in [-0.4, -0.2) is 9.97 Å². The van der Waals surface area contributed by atoms with E-state index < -0.39 is 11.7 Å². The van der Waals surface area contributed by atoms with E-state index in [1.165, 1.54) is 17.4 Å². The summed E-state index contributed by atoms with van der Waals surface area (Å²) in [6.07, 6.45) is -0.920. The molecule has 0 amide bonds. The first-order valence-electron chi connectivity index (χ1n) is 6.93. The summed E-state index contributed by atoms with van der Waals surface area (Å²) < 4.78 is 38.4. The average molecular weight is 345 g/mol. The molecular weight excluding hydrogens is 335 g/mol. The maximum Gasteiger partial charge on any atom is 0.416 e. The molecule has 120 valence electrons. The Labute approximate surface area is 140 Å². The molecule has 3 aromatic rings. The molecule has 0 unspecified atom stereocenters. The molecule has 2 heterocycles. The first-order chi connectivity index (χ1) is 11.5. The summed E-state index contributed by atoms with van der Waals surface area (Å²) in [5.41, 5.74) is 1.03. The minimum absolute atomic E-state index is 0.240. The van der Waals surface area contributed by atoms with E-state index in [1.807, 2.05) is 0 Å². The molecular formula is C17H10F3N3S. The number of alkyl halides is 3. The topological polar surface area (TPSA) is 49.6 Å². The number of nitrogens with zero attached hydrogens (tertiary/aromatic N) is 3. The highest BCUT2D eigenvalue weighted by atomic mass is 32.1. The quantitative estimate of drug-likeness (QED) is 0.692. The Hall–Kier alpha value is -2.72. The van der Waals surface area contributed by atoms with Gasteiger partial charge in [-0.05, 0) is 23.8 Å². The van der Waals surface area contributed by atoms with Crippen molar-refractivity contribution in [2.45, 2.75) is 12.6 Å². The number of benzene rings is 1. The minimum atomic E-state index is -4.38. The van der Waals surface area contributed by atoms with Crippen LogP contribution in [0.4, 0.5) is 13.2 Å². The summed E-state index contributed by atoms with van der Waals surface area (Å²) in [6, 6.07) is 10.7. The van der Waals surface area contributed by atoms with Crippen molar-refractivity contribution < 1.29 is 13.2 Å². The molecule has 0 bridgehead atoms. The SMILES string of the molecule is N#Cc1sc(Cc2cccc(C(F)(F)F)c2)nc1-c1cccnc1. The average Bonchev–Trinajstić information content (AvgIpc) is 2.98. The Balaban J connectivity index is 1.92. The van der Waals surface area contributed by atoms with Crippen molar-refractivity contribution in [2.75, 3.05) is 0 Å². The fourth-order valence-corrected chi connectivity index (χ4v) is 3.16. The number of halogens is 3. The van der Waals surface area contributed by atoms with Crippen LogP contribution >= 0.6 is 11.3 Å². The molecule has 0 atom stereocenters. The Morgan fingerprint density at radius 3 is 2.67 bits per heavy atom. The standard InChI is InChI=1S/C17H10F3N3S/c18-17(19,20)13-5-1-3-11(7-13)8-15-23-16(14(9-21)24-15)12-4-2-6-22-10-12/h1-7,10H,8H2. The van der Waals surface area contributed by atoms with Gasteiger partial charge in [0.05, 0.1) is 10.6 Å². The van der Waals surface area contributed by atoms with Crippen molar-refractivity contribution in [1.29, 1.82) is 5.26 Å². The molecule has 0 aliphatic heterocycles. The van der Waals surface area contributed by atoms with Crippen molar-refractivity contribution in [2.24, 2.45) is 0 Å².